The van der Waals surface area contributed by atoms with Crippen molar-refractivity contribution in [1.29, 1.82) is 0 Å². The first-order chi connectivity index (χ1) is 5.83. The number of nitrogens with zero attached hydrogens (tertiary/aromatic N) is 1. The van der Waals surface area contributed by atoms with Crippen molar-refractivity contribution < 1.29 is 4.79 Å². The van der Waals surface area contributed by atoms with Crippen LogP contribution in [0.3, 0.4) is 0 Å². The summed E-state index contributed by atoms with van der Waals surface area (Å²) < 4.78 is 0. The highest BCUT2D eigenvalue weighted by atomic mass is 16.2. The molecule has 2 aliphatic rings. The van der Waals surface area contributed by atoms with Crippen molar-refractivity contribution in [3.05, 3.63) is 12.7 Å². The number of rotatable bonds is 3. The van der Waals surface area contributed by atoms with Gasteiger partial charge in [0.15, 0.2) is 0 Å². The maximum atomic E-state index is 11.4. The van der Waals surface area contributed by atoms with E-state index in [0.29, 0.717) is 12.1 Å². The molecule has 0 aromatic heterocycles. The van der Waals surface area contributed by atoms with Crippen LogP contribution in [0.1, 0.15) is 32.1 Å². The third-order valence-corrected chi connectivity index (χ3v) is 2.84. The number of carbonyl (C=O) groups is 1. The van der Waals surface area contributed by atoms with Crippen LogP contribution in [-0.4, -0.2) is 22.9 Å². The molecule has 0 bridgehead atoms. The minimum Gasteiger partial charge on any atom is -0.333 e. The van der Waals surface area contributed by atoms with E-state index in [4.69, 9.17) is 0 Å². The Morgan fingerprint density at radius 1 is 1.25 bits per heavy atom. The van der Waals surface area contributed by atoms with Crippen molar-refractivity contribution in [2.24, 2.45) is 0 Å². The van der Waals surface area contributed by atoms with Gasteiger partial charge in [0.1, 0.15) is 0 Å². The summed E-state index contributed by atoms with van der Waals surface area (Å²) in [7, 11) is 0. The Labute approximate surface area is 73.2 Å². The largest absolute Gasteiger partial charge is 0.333 e. The smallest absolute Gasteiger partial charge is 0.246 e. The standard InChI is InChI=1S/C10H15NO/c1-2-10(12)11(9-6-7-9)8-4-3-5-8/h2,8-9H,1,3-7H2. The summed E-state index contributed by atoms with van der Waals surface area (Å²) in [6.07, 6.45) is 7.56. The highest BCUT2D eigenvalue weighted by molar-refractivity contribution is 5.87. The van der Waals surface area contributed by atoms with Crippen molar-refractivity contribution in [2.45, 2.75) is 44.2 Å². The molecule has 2 saturated carbocycles. The van der Waals surface area contributed by atoms with Crippen LogP contribution in [0, 0.1) is 0 Å². The predicted molar refractivity (Wildman–Crippen MR) is 47.7 cm³/mol. The summed E-state index contributed by atoms with van der Waals surface area (Å²) in [5, 5.41) is 0. The van der Waals surface area contributed by atoms with Crippen LogP contribution in [0.4, 0.5) is 0 Å². The number of amides is 1. The van der Waals surface area contributed by atoms with Gasteiger partial charge >= 0.3 is 0 Å². The molecule has 0 spiro atoms. The fourth-order valence-electron chi connectivity index (χ4n) is 1.78. The van der Waals surface area contributed by atoms with Crippen LogP contribution in [0.15, 0.2) is 12.7 Å². The number of carbonyl (C=O) groups excluding carboxylic acids is 1. The molecule has 0 N–H and O–H groups in total. The Kier molecular flexibility index (Phi) is 1.91. The third-order valence-electron chi connectivity index (χ3n) is 2.84. The van der Waals surface area contributed by atoms with Gasteiger partial charge in [-0.25, -0.2) is 0 Å². The average molecular weight is 165 g/mol. The zero-order valence-electron chi connectivity index (χ0n) is 7.33. The molecule has 0 aromatic carbocycles. The van der Waals surface area contributed by atoms with Gasteiger partial charge in [-0.2, -0.15) is 0 Å². The zero-order chi connectivity index (χ0) is 8.55. The van der Waals surface area contributed by atoms with Gasteiger partial charge in [0, 0.05) is 12.1 Å². The molecule has 2 fully saturated rings. The highest BCUT2D eigenvalue weighted by Gasteiger charge is 2.38. The van der Waals surface area contributed by atoms with Crippen molar-refractivity contribution in [3.8, 4) is 0 Å². The Morgan fingerprint density at radius 2 is 1.83 bits per heavy atom. The van der Waals surface area contributed by atoms with Crippen LogP contribution in [0.25, 0.3) is 0 Å². The lowest BCUT2D eigenvalue weighted by Gasteiger charge is -2.37. The topological polar surface area (TPSA) is 20.3 Å². The molecule has 0 heterocycles. The molecule has 2 aliphatic carbocycles. The second-order valence-electron chi connectivity index (χ2n) is 3.77. The van der Waals surface area contributed by atoms with E-state index in [0.717, 1.165) is 0 Å². The lowest BCUT2D eigenvalue weighted by atomic mass is 9.91. The van der Waals surface area contributed by atoms with Crippen LogP contribution in [0.2, 0.25) is 0 Å². The quantitative estimate of drug-likeness (QED) is 0.583. The zero-order valence-corrected chi connectivity index (χ0v) is 7.33. The average Bonchev–Trinajstić information content (AvgIpc) is 2.77. The van der Waals surface area contributed by atoms with Gasteiger partial charge in [-0.15, -0.1) is 0 Å². The summed E-state index contributed by atoms with van der Waals surface area (Å²) in [5.74, 6) is 0.141. The fourth-order valence-corrected chi connectivity index (χ4v) is 1.78. The summed E-state index contributed by atoms with van der Waals surface area (Å²) in [4.78, 5) is 13.5. The van der Waals surface area contributed by atoms with E-state index in [-0.39, 0.29) is 5.91 Å². The lowest BCUT2D eigenvalue weighted by molar-refractivity contribution is -0.130. The summed E-state index contributed by atoms with van der Waals surface area (Å²) >= 11 is 0. The van der Waals surface area contributed by atoms with E-state index in [1.54, 1.807) is 0 Å². The van der Waals surface area contributed by atoms with Gasteiger partial charge < -0.3 is 4.90 Å². The number of hydrogen-bond donors (Lipinski definition) is 0. The molecule has 2 nitrogen and oxygen atoms in total. The first-order valence-electron chi connectivity index (χ1n) is 4.77. The van der Waals surface area contributed by atoms with E-state index in [1.807, 2.05) is 0 Å². The van der Waals surface area contributed by atoms with Gasteiger partial charge in [0.2, 0.25) is 5.91 Å². The Balaban J connectivity index is 2.00. The van der Waals surface area contributed by atoms with Crippen LogP contribution in [-0.2, 0) is 4.79 Å². The second-order valence-corrected chi connectivity index (χ2v) is 3.77. The van der Waals surface area contributed by atoms with Gasteiger partial charge in [-0.3, -0.25) is 4.79 Å². The highest BCUT2D eigenvalue weighted by Crippen LogP contribution is 2.35. The maximum Gasteiger partial charge on any atom is 0.246 e. The maximum absolute atomic E-state index is 11.4. The van der Waals surface area contributed by atoms with Crippen molar-refractivity contribution in [1.82, 2.24) is 4.90 Å². The number of hydrogen-bond acceptors (Lipinski definition) is 1. The molecular formula is C10H15NO. The molecule has 0 unspecified atom stereocenters. The van der Waals surface area contributed by atoms with Gasteiger partial charge in [-0.05, 0) is 38.2 Å². The lowest BCUT2D eigenvalue weighted by Crippen LogP contribution is -2.44. The van der Waals surface area contributed by atoms with Crippen LogP contribution < -0.4 is 0 Å². The molecule has 2 rings (SSSR count). The van der Waals surface area contributed by atoms with E-state index >= 15 is 0 Å². The Morgan fingerprint density at radius 3 is 2.17 bits per heavy atom. The van der Waals surface area contributed by atoms with Crippen LogP contribution >= 0.6 is 0 Å². The molecular weight excluding hydrogens is 150 g/mol. The second kappa shape index (κ2) is 2.92. The molecule has 1 amide bonds. The molecule has 0 atom stereocenters. The van der Waals surface area contributed by atoms with E-state index in [1.165, 1.54) is 38.2 Å². The summed E-state index contributed by atoms with van der Waals surface area (Å²) in [6, 6.07) is 1.10. The van der Waals surface area contributed by atoms with E-state index in [2.05, 4.69) is 11.5 Å². The molecule has 0 radical (unpaired) electrons. The van der Waals surface area contributed by atoms with E-state index < -0.39 is 0 Å². The Hall–Kier alpha value is -0.790. The monoisotopic (exact) mass is 165 g/mol. The van der Waals surface area contributed by atoms with Gasteiger partial charge in [0.25, 0.3) is 0 Å². The van der Waals surface area contributed by atoms with Crippen molar-refractivity contribution in [3.63, 3.8) is 0 Å². The predicted octanol–water partition coefficient (Wildman–Crippen LogP) is 1.72. The van der Waals surface area contributed by atoms with Crippen molar-refractivity contribution in [2.75, 3.05) is 0 Å². The van der Waals surface area contributed by atoms with Gasteiger partial charge in [-0.1, -0.05) is 6.58 Å². The first kappa shape index (κ1) is 7.84. The molecule has 66 valence electrons. The minimum atomic E-state index is 0.141. The van der Waals surface area contributed by atoms with Gasteiger partial charge in [0.05, 0.1) is 0 Å². The summed E-state index contributed by atoms with van der Waals surface area (Å²) in [6.45, 7) is 3.54. The van der Waals surface area contributed by atoms with Crippen molar-refractivity contribution >= 4 is 5.91 Å². The molecule has 0 saturated heterocycles. The fraction of sp³-hybridized carbons (Fsp3) is 0.700. The Bertz CT molecular complexity index is 204. The molecule has 0 aliphatic heterocycles. The molecule has 0 aromatic rings. The van der Waals surface area contributed by atoms with Crippen LogP contribution in [0.5, 0.6) is 0 Å². The normalized spacial score (nSPS) is 23.0. The SMILES string of the molecule is C=CC(=O)N(C1CCC1)C1CC1. The minimum absolute atomic E-state index is 0.141. The van der Waals surface area contributed by atoms with E-state index in [9.17, 15) is 4.79 Å². The molecule has 2 heteroatoms. The molecule has 12 heavy (non-hydrogen) atoms. The third kappa shape index (κ3) is 1.26. The first-order valence-corrected chi connectivity index (χ1v) is 4.77. The summed E-state index contributed by atoms with van der Waals surface area (Å²) in [5.41, 5.74) is 0.